The molecule has 0 radical (unpaired) electrons. The highest BCUT2D eigenvalue weighted by atomic mass is 32.2. The monoisotopic (exact) mass is 509 g/mol. The maximum Gasteiger partial charge on any atom is 0.283 e. The van der Waals surface area contributed by atoms with Crippen molar-refractivity contribution in [2.75, 3.05) is 44.9 Å². The number of amides is 2. The van der Waals surface area contributed by atoms with E-state index >= 15 is 0 Å². The molecule has 2 aromatic carbocycles. The fourth-order valence-electron chi connectivity index (χ4n) is 3.94. The number of nitrogens with zero attached hydrogens (tertiary/aromatic N) is 3. The molecule has 0 spiro atoms. The zero-order valence-electron chi connectivity index (χ0n) is 20.8. The maximum atomic E-state index is 13.6. The molecule has 2 heterocycles. The van der Waals surface area contributed by atoms with Gasteiger partial charge in [0.2, 0.25) is 5.91 Å². The molecule has 9 heteroatoms. The van der Waals surface area contributed by atoms with Crippen molar-refractivity contribution in [3.05, 3.63) is 59.8 Å². The lowest BCUT2D eigenvalue weighted by Crippen LogP contribution is -2.45. The van der Waals surface area contributed by atoms with Gasteiger partial charge in [-0.1, -0.05) is 30.8 Å². The Bertz CT molecular complexity index is 1130. The fraction of sp³-hybridized carbons (Fsp3) is 0.370. The Kier molecular flexibility index (Phi) is 8.66. The Hall–Kier alpha value is -3.30. The molecule has 2 aliphatic heterocycles. The van der Waals surface area contributed by atoms with Gasteiger partial charge in [0.15, 0.2) is 5.17 Å². The van der Waals surface area contributed by atoms with E-state index in [9.17, 15) is 9.59 Å². The van der Waals surface area contributed by atoms with Gasteiger partial charge in [-0.25, -0.2) is 4.99 Å². The summed E-state index contributed by atoms with van der Waals surface area (Å²) in [5.41, 5.74) is 1.81. The number of benzene rings is 2. The molecule has 1 fully saturated rings. The Balaban J connectivity index is 1.64. The molecular weight excluding hydrogens is 478 g/mol. The van der Waals surface area contributed by atoms with E-state index in [2.05, 4.69) is 0 Å². The van der Waals surface area contributed by atoms with Crippen LogP contribution in [0.15, 0.2) is 59.2 Å². The molecule has 0 aromatic heterocycles. The summed E-state index contributed by atoms with van der Waals surface area (Å²) < 4.78 is 16.2. The van der Waals surface area contributed by atoms with Crippen LogP contribution >= 0.6 is 11.8 Å². The number of carbonyl (C=O) groups excluding carboxylic acids is 2. The molecule has 4 rings (SSSR count). The number of amidine groups is 1. The number of methoxy groups -OCH3 is 1. The molecule has 0 bridgehead atoms. The summed E-state index contributed by atoms with van der Waals surface area (Å²) in [6.07, 6.45) is 2.37. The summed E-state index contributed by atoms with van der Waals surface area (Å²) in [6, 6.07) is 14.7. The van der Waals surface area contributed by atoms with Crippen molar-refractivity contribution in [2.24, 2.45) is 4.99 Å². The van der Waals surface area contributed by atoms with Gasteiger partial charge in [0.1, 0.15) is 17.2 Å². The van der Waals surface area contributed by atoms with Crippen molar-refractivity contribution >= 4 is 40.5 Å². The Morgan fingerprint density at radius 3 is 2.36 bits per heavy atom. The Morgan fingerprint density at radius 1 is 1.08 bits per heavy atom. The van der Waals surface area contributed by atoms with Crippen LogP contribution in [0.4, 0.5) is 5.69 Å². The van der Waals surface area contributed by atoms with Crippen molar-refractivity contribution in [3.8, 4) is 11.5 Å². The van der Waals surface area contributed by atoms with E-state index in [4.69, 9.17) is 19.2 Å². The molecule has 2 aliphatic rings. The summed E-state index contributed by atoms with van der Waals surface area (Å²) in [6.45, 7) is 6.69. The van der Waals surface area contributed by atoms with E-state index < -0.39 is 0 Å². The van der Waals surface area contributed by atoms with Crippen LogP contribution < -0.4 is 14.4 Å². The van der Waals surface area contributed by atoms with Crippen LogP contribution in [-0.2, 0) is 14.3 Å². The number of aliphatic imine (C=N–C) groups is 1. The first-order valence-corrected chi connectivity index (χ1v) is 13.0. The SMILES string of the molecule is CCOc1ccc(N2C(=O)/C(=C/c3ccc(OC)cc3)N=C2S[C@@H](CC)C(=O)N2CCOCC2)cc1. The molecule has 2 aromatic rings. The van der Waals surface area contributed by atoms with Gasteiger partial charge < -0.3 is 19.1 Å². The predicted octanol–water partition coefficient (Wildman–Crippen LogP) is 4.21. The number of hydrogen-bond donors (Lipinski definition) is 0. The van der Waals surface area contributed by atoms with E-state index in [0.717, 1.165) is 17.1 Å². The molecule has 190 valence electrons. The molecule has 0 saturated carbocycles. The number of anilines is 1. The largest absolute Gasteiger partial charge is 0.497 e. The highest BCUT2D eigenvalue weighted by Gasteiger charge is 2.36. The second-order valence-electron chi connectivity index (χ2n) is 8.22. The fourth-order valence-corrected chi connectivity index (χ4v) is 5.06. The molecule has 0 aliphatic carbocycles. The molecule has 2 amide bonds. The zero-order chi connectivity index (χ0) is 25.5. The van der Waals surface area contributed by atoms with Crippen molar-refractivity contribution in [3.63, 3.8) is 0 Å². The second kappa shape index (κ2) is 12.1. The van der Waals surface area contributed by atoms with Gasteiger partial charge in [-0.15, -0.1) is 0 Å². The van der Waals surface area contributed by atoms with Crippen molar-refractivity contribution < 1.29 is 23.8 Å². The summed E-state index contributed by atoms with van der Waals surface area (Å²) >= 11 is 1.33. The molecule has 0 N–H and O–H groups in total. The lowest BCUT2D eigenvalue weighted by molar-refractivity contribution is -0.134. The highest BCUT2D eigenvalue weighted by molar-refractivity contribution is 8.15. The molecule has 0 unspecified atom stereocenters. The topological polar surface area (TPSA) is 80.7 Å². The molecule has 1 atom stereocenters. The van der Waals surface area contributed by atoms with Gasteiger partial charge in [0, 0.05) is 13.1 Å². The highest BCUT2D eigenvalue weighted by Crippen LogP contribution is 2.33. The van der Waals surface area contributed by atoms with E-state index in [1.165, 1.54) is 11.8 Å². The van der Waals surface area contributed by atoms with Crippen LogP contribution in [-0.4, -0.2) is 67.2 Å². The minimum Gasteiger partial charge on any atom is -0.497 e. The molecular formula is C27H31N3O5S. The van der Waals surface area contributed by atoms with Crippen molar-refractivity contribution in [2.45, 2.75) is 25.5 Å². The van der Waals surface area contributed by atoms with Gasteiger partial charge >= 0.3 is 0 Å². The summed E-state index contributed by atoms with van der Waals surface area (Å²) in [7, 11) is 1.61. The minimum absolute atomic E-state index is 0.0418. The summed E-state index contributed by atoms with van der Waals surface area (Å²) in [4.78, 5) is 34.9. The number of morpholine rings is 1. The second-order valence-corrected chi connectivity index (χ2v) is 9.39. The summed E-state index contributed by atoms with van der Waals surface area (Å²) in [5, 5.41) is 0.123. The average molecular weight is 510 g/mol. The lowest BCUT2D eigenvalue weighted by Gasteiger charge is -2.30. The van der Waals surface area contributed by atoms with Crippen LogP contribution in [0.25, 0.3) is 6.08 Å². The third-order valence-corrected chi connectivity index (χ3v) is 7.18. The average Bonchev–Trinajstić information content (AvgIpc) is 3.22. The van der Waals surface area contributed by atoms with Crippen LogP contribution in [0.3, 0.4) is 0 Å². The first kappa shape index (κ1) is 25.8. The molecule has 8 nitrogen and oxygen atoms in total. The van der Waals surface area contributed by atoms with E-state index in [1.807, 2.05) is 67.3 Å². The lowest BCUT2D eigenvalue weighted by atomic mass is 10.2. The van der Waals surface area contributed by atoms with Crippen molar-refractivity contribution in [1.82, 2.24) is 4.90 Å². The minimum atomic E-state index is -0.361. The summed E-state index contributed by atoms with van der Waals surface area (Å²) in [5.74, 6) is 1.26. The maximum absolute atomic E-state index is 13.6. The number of ether oxygens (including phenoxy) is 3. The van der Waals surface area contributed by atoms with Gasteiger partial charge in [-0.05, 0) is 61.4 Å². The quantitative estimate of drug-likeness (QED) is 0.496. The standard InChI is InChI=1S/C27H31N3O5S/c1-4-24(26(32)29-14-16-34-17-15-29)36-27-28-23(18-19-6-10-21(33-3)11-7-19)25(31)30(27)20-8-12-22(13-9-20)35-5-2/h6-13,18,24H,4-5,14-17H2,1-3H3/b23-18-/t24-/m0/s1. The van der Waals surface area contributed by atoms with Gasteiger partial charge in [0.05, 0.1) is 37.9 Å². The normalized spacial score (nSPS) is 17.8. The van der Waals surface area contributed by atoms with Crippen LogP contribution in [0.2, 0.25) is 0 Å². The van der Waals surface area contributed by atoms with Crippen LogP contribution in [0, 0.1) is 0 Å². The predicted molar refractivity (Wildman–Crippen MR) is 143 cm³/mol. The Labute approximate surface area is 215 Å². The van der Waals surface area contributed by atoms with Crippen LogP contribution in [0.1, 0.15) is 25.8 Å². The van der Waals surface area contributed by atoms with E-state index in [1.54, 1.807) is 18.1 Å². The number of hydrogen-bond acceptors (Lipinski definition) is 7. The third-order valence-electron chi connectivity index (χ3n) is 5.87. The molecule has 36 heavy (non-hydrogen) atoms. The first-order chi connectivity index (χ1) is 17.5. The number of carbonyl (C=O) groups is 2. The molecule has 1 saturated heterocycles. The number of rotatable bonds is 8. The third kappa shape index (κ3) is 5.91. The first-order valence-electron chi connectivity index (χ1n) is 12.1. The van der Waals surface area contributed by atoms with Crippen molar-refractivity contribution in [1.29, 1.82) is 0 Å². The van der Waals surface area contributed by atoms with Gasteiger partial charge in [-0.3, -0.25) is 14.5 Å². The Morgan fingerprint density at radius 2 is 1.75 bits per heavy atom. The smallest absolute Gasteiger partial charge is 0.283 e. The van der Waals surface area contributed by atoms with E-state index in [0.29, 0.717) is 55.9 Å². The van der Waals surface area contributed by atoms with Gasteiger partial charge in [0.25, 0.3) is 5.91 Å². The zero-order valence-corrected chi connectivity index (χ0v) is 21.6. The van der Waals surface area contributed by atoms with Gasteiger partial charge in [-0.2, -0.15) is 0 Å². The van der Waals surface area contributed by atoms with E-state index in [-0.39, 0.29) is 17.1 Å². The van der Waals surface area contributed by atoms with Crippen LogP contribution in [0.5, 0.6) is 11.5 Å². The number of thioether (sulfide) groups is 1.